The molecule has 4 rings (SSSR count). The molecule has 0 amide bonds. The van der Waals surface area contributed by atoms with Gasteiger partial charge < -0.3 is 18.9 Å². The average molecular weight is 354 g/mol. The Morgan fingerprint density at radius 1 is 1.16 bits per heavy atom. The number of hydrogen-bond acceptors (Lipinski definition) is 6. The molecule has 0 saturated heterocycles. The molecule has 0 bridgehead atoms. The molecule has 3 heterocycles. The SMILES string of the molecule is COc1ccc(-c2nc3scc(-c4ccco4)c3c(=O)[nH]2)cc1OC. The van der Waals surface area contributed by atoms with Crippen molar-refractivity contribution >= 4 is 21.6 Å². The Bertz CT molecular complexity index is 1100. The number of aromatic amines is 1. The van der Waals surface area contributed by atoms with Gasteiger partial charge in [-0.25, -0.2) is 4.98 Å². The van der Waals surface area contributed by atoms with Crippen LogP contribution < -0.4 is 15.0 Å². The zero-order chi connectivity index (χ0) is 17.4. The number of nitrogens with one attached hydrogen (secondary N) is 1. The lowest BCUT2D eigenvalue weighted by molar-refractivity contribution is 0.355. The number of hydrogen-bond donors (Lipinski definition) is 1. The summed E-state index contributed by atoms with van der Waals surface area (Å²) < 4.78 is 16.0. The van der Waals surface area contributed by atoms with E-state index in [0.29, 0.717) is 33.3 Å². The number of furan rings is 1. The number of aromatic nitrogens is 2. The van der Waals surface area contributed by atoms with Gasteiger partial charge in [0.2, 0.25) is 0 Å². The van der Waals surface area contributed by atoms with Crippen LogP contribution in [0.1, 0.15) is 0 Å². The molecule has 6 nitrogen and oxygen atoms in total. The van der Waals surface area contributed by atoms with Crippen LogP contribution in [-0.4, -0.2) is 24.2 Å². The third-order valence-corrected chi connectivity index (χ3v) is 4.76. The van der Waals surface area contributed by atoms with Gasteiger partial charge in [0.15, 0.2) is 11.5 Å². The van der Waals surface area contributed by atoms with Crippen LogP contribution in [0.5, 0.6) is 11.5 Å². The predicted octanol–water partition coefficient (Wildman–Crippen LogP) is 3.93. The van der Waals surface area contributed by atoms with E-state index in [1.54, 1.807) is 38.7 Å². The second-order valence-electron chi connectivity index (χ2n) is 5.29. The Morgan fingerprint density at radius 2 is 2.00 bits per heavy atom. The molecule has 0 radical (unpaired) electrons. The first-order valence-electron chi connectivity index (χ1n) is 7.49. The molecule has 126 valence electrons. The van der Waals surface area contributed by atoms with Gasteiger partial charge >= 0.3 is 0 Å². The molecule has 0 unspecified atom stereocenters. The van der Waals surface area contributed by atoms with Crippen LogP contribution in [0.2, 0.25) is 0 Å². The molecule has 0 spiro atoms. The Morgan fingerprint density at radius 3 is 2.72 bits per heavy atom. The quantitative estimate of drug-likeness (QED) is 0.601. The zero-order valence-electron chi connectivity index (χ0n) is 13.5. The summed E-state index contributed by atoms with van der Waals surface area (Å²) in [6.07, 6.45) is 1.58. The van der Waals surface area contributed by atoms with Crippen molar-refractivity contribution in [1.29, 1.82) is 0 Å². The van der Waals surface area contributed by atoms with Crippen LogP contribution in [0.15, 0.2) is 51.2 Å². The predicted molar refractivity (Wildman–Crippen MR) is 96.5 cm³/mol. The molecule has 3 aromatic heterocycles. The van der Waals surface area contributed by atoms with Crippen molar-refractivity contribution in [3.05, 3.63) is 52.3 Å². The van der Waals surface area contributed by atoms with E-state index in [9.17, 15) is 4.79 Å². The molecule has 0 fully saturated rings. The topological polar surface area (TPSA) is 77.4 Å². The van der Waals surface area contributed by atoms with Gasteiger partial charge in [-0.3, -0.25) is 4.79 Å². The molecule has 25 heavy (non-hydrogen) atoms. The largest absolute Gasteiger partial charge is 0.493 e. The first-order valence-corrected chi connectivity index (χ1v) is 8.37. The average Bonchev–Trinajstić information content (AvgIpc) is 3.30. The maximum absolute atomic E-state index is 12.6. The van der Waals surface area contributed by atoms with Crippen LogP contribution in [0.25, 0.3) is 32.9 Å². The van der Waals surface area contributed by atoms with Crippen molar-refractivity contribution in [3.8, 4) is 34.2 Å². The molecule has 7 heteroatoms. The second kappa shape index (κ2) is 6.10. The van der Waals surface area contributed by atoms with E-state index in [1.165, 1.54) is 11.3 Å². The van der Waals surface area contributed by atoms with Crippen molar-refractivity contribution in [2.24, 2.45) is 0 Å². The number of ether oxygens (including phenoxy) is 2. The smallest absolute Gasteiger partial charge is 0.260 e. The highest BCUT2D eigenvalue weighted by atomic mass is 32.1. The molecule has 1 N–H and O–H groups in total. The van der Waals surface area contributed by atoms with Crippen molar-refractivity contribution in [2.45, 2.75) is 0 Å². The van der Waals surface area contributed by atoms with Crippen molar-refractivity contribution in [3.63, 3.8) is 0 Å². The van der Waals surface area contributed by atoms with E-state index in [1.807, 2.05) is 17.5 Å². The van der Waals surface area contributed by atoms with E-state index >= 15 is 0 Å². The monoisotopic (exact) mass is 354 g/mol. The van der Waals surface area contributed by atoms with Crippen molar-refractivity contribution < 1.29 is 13.9 Å². The maximum atomic E-state index is 12.6. The lowest BCUT2D eigenvalue weighted by Crippen LogP contribution is -2.09. The number of nitrogens with zero attached hydrogens (tertiary/aromatic N) is 1. The molecule has 0 aliphatic heterocycles. The highest BCUT2D eigenvalue weighted by Gasteiger charge is 2.16. The minimum Gasteiger partial charge on any atom is -0.493 e. The van der Waals surface area contributed by atoms with Crippen LogP contribution in [0, 0.1) is 0 Å². The molecule has 0 saturated carbocycles. The summed E-state index contributed by atoms with van der Waals surface area (Å²) in [4.78, 5) is 20.7. The van der Waals surface area contributed by atoms with Crippen molar-refractivity contribution in [1.82, 2.24) is 9.97 Å². The van der Waals surface area contributed by atoms with E-state index in [0.717, 1.165) is 11.1 Å². The Kier molecular flexibility index (Phi) is 3.77. The standard InChI is InChI=1S/C18H14N2O4S/c1-22-13-6-5-10(8-14(13)23-2)16-19-17(21)15-11(9-25-18(15)20-16)12-4-3-7-24-12/h3-9H,1-2H3,(H,19,20,21). The van der Waals surface area contributed by atoms with Gasteiger partial charge in [-0.2, -0.15) is 0 Å². The van der Waals surface area contributed by atoms with Crippen LogP contribution >= 0.6 is 11.3 Å². The lowest BCUT2D eigenvalue weighted by atomic mass is 10.1. The van der Waals surface area contributed by atoms with E-state index in [4.69, 9.17) is 13.9 Å². The van der Waals surface area contributed by atoms with Crippen LogP contribution in [0.4, 0.5) is 0 Å². The van der Waals surface area contributed by atoms with Crippen LogP contribution in [-0.2, 0) is 0 Å². The Labute approximate surface area is 146 Å². The number of rotatable bonds is 4. The van der Waals surface area contributed by atoms with Gasteiger partial charge in [0.1, 0.15) is 16.4 Å². The van der Waals surface area contributed by atoms with Gasteiger partial charge in [0, 0.05) is 16.5 Å². The summed E-state index contributed by atoms with van der Waals surface area (Å²) in [7, 11) is 3.14. The summed E-state index contributed by atoms with van der Waals surface area (Å²) in [5.41, 5.74) is 1.28. The van der Waals surface area contributed by atoms with Crippen molar-refractivity contribution in [2.75, 3.05) is 14.2 Å². The molecule has 0 aliphatic carbocycles. The first kappa shape index (κ1) is 15.5. The normalized spacial score (nSPS) is 11.0. The first-order chi connectivity index (χ1) is 12.2. The Hall–Kier alpha value is -3.06. The van der Waals surface area contributed by atoms with Gasteiger partial charge in [0.05, 0.1) is 25.9 Å². The fraction of sp³-hybridized carbons (Fsp3) is 0.111. The number of fused-ring (bicyclic) bond motifs is 1. The van der Waals surface area contributed by atoms with E-state index in [2.05, 4.69) is 9.97 Å². The fourth-order valence-corrected chi connectivity index (χ4v) is 3.61. The van der Waals surface area contributed by atoms with E-state index < -0.39 is 0 Å². The summed E-state index contributed by atoms with van der Waals surface area (Å²) >= 11 is 1.41. The van der Waals surface area contributed by atoms with Gasteiger partial charge in [-0.05, 0) is 30.3 Å². The summed E-state index contributed by atoms with van der Waals surface area (Å²) in [5.74, 6) is 2.32. The minimum absolute atomic E-state index is 0.206. The molecule has 4 aromatic rings. The van der Waals surface area contributed by atoms with Gasteiger partial charge in [-0.15, -0.1) is 11.3 Å². The number of benzene rings is 1. The summed E-state index contributed by atoms with van der Waals surface area (Å²) in [5, 5.41) is 2.41. The maximum Gasteiger partial charge on any atom is 0.260 e. The minimum atomic E-state index is -0.206. The Balaban J connectivity index is 1.87. The molecular weight excluding hydrogens is 340 g/mol. The third-order valence-electron chi connectivity index (χ3n) is 3.89. The molecular formula is C18H14N2O4S. The molecule has 0 aliphatic rings. The summed E-state index contributed by atoms with van der Waals surface area (Å²) in [6.45, 7) is 0. The lowest BCUT2D eigenvalue weighted by Gasteiger charge is -2.09. The second-order valence-corrected chi connectivity index (χ2v) is 6.15. The van der Waals surface area contributed by atoms with E-state index in [-0.39, 0.29) is 5.56 Å². The number of H-pyrrole nitrogens is 1. The highest BCUT2D eigenvalue weighted by molar-refractivity contribution is 7.17. The number of methoxy groups -OCH3 is 2. The van der Waals surface area contributed by atoms with Gasteiger partial charge in [-0.1, -0.05) is 0 Å². The zero-order valence-corrected chi connectivity index (χ0v) is 14.3. The highest BCUT2D eigenvalue weighted by Crippen LogP contribution is 2.34. The molecule has 1 aromatic carbocycles. The summed E-state index contributed by atoms with van der Waals surface area (Å²) in [6, 6.07) is 9.00. The number of thiophene rings is 1. The van der Waals surface area contributed by atoms with Crippen LogP contribution in [0.3, 0.4) is 0 Å². The molecule has 0 atom stereocenters. The fourth-order valence-electron chi connectivity index (χ4n) is 2.68. The third kappa shape index (κ3) is 2.58. The van der Waals surface area contributed by atoms with Gasteiger partial charge in [0.25, 0.3) is 5.56 Å².